The van der Waals surface area contributed by atoms with Crippen molar-refractivity contribution in [2.45, 2.75) is 174 Å². The molecule has 3 N–H and O–H groups in total. The highest BCUT2D eigenvalue weighted by atomic mass is 16.5. The van der Waals surface area contributed by atoms with Crippen molar-refractivity contribution in [3.8, 4) is 0 Å². The number of rotatable bonds is 27. The molecule has 0 bridgehead atoms. The summed E-state index contributed by atoms with van der Waals surface area (Å²) < 4.78 is 5.39. The molecule has 0 aliphatic heterocycles. The first-order chi connectivity index (χ1) is 17.6. The van der Waals surface area contributed by atoms with Gasteiger partial charge in [0, 0.05) is 6.42 Å². The van der Waals surface area contributed by atoms with Crippen LogP contribution in [-0.4, -0.2) is 47.2 Å². The Morgan fingerprint density at radius 3 is 1.14 bits per heavy atom. The molecular formula is C31H64O5. The first-order valence-corrected chi connectivity index (χ1v) is 15.7. The monoisotopic (exact) mass is 516 g/mol. The van der Waals surface area contributed by atoms with Crippen LogP contribution in [-0.2, 0) is 9.53 Å². The molecule has 0 heterocycles. The Kier molecular flexibility index (Phi) is 35.8. The average Bonchev–Trinajstić information content (AvgIpc) is 2.89. The molecule has 0 saturated heterocycles. The molecule has 0 atom stereocenters. The highest BCUT2D eigenvalue weighted by Gasteiger charge is 2.02. The molecule has 0 fully saturated rings. The lowest BCUT2D eigenvalue weighted by molar-refractivity contribution is -0.143. The van der Waals surface area contributed by atoms with Crippen LogP contribution in [0.2, 0.25) is 0 Å². The molecule has 5 nitrogen and oxygen atoms in total. The fraction of sp³-hybridized carbons (Fsp3) is 0.968. The van der Waals surface area contributed by atoms with E-state index in [0.717, 1.165) is 12.8 Å². The van der Waals surface area contributed by atoms with Crippen molar-refractivity contribution >= 4 is 5.97 Å². The van der Waals surface area contributed by atoms with Gasteiger partial charge in [-0.05, 0) is 12.8 Å². The lowest BCUT2D eigenvalue weighted by atomic mass is 10.1. The number of carbonyl (C=O) groups is 1. The average molecular weight is 517 g/mol. The molecular weight excluding hydrogens is 452 g/mol. The van der Waals surface area contributed by atoms with E-state index < -0.39 is 6.10 Å². The molecule has 0 aromatic carbocycles. The second-order valence-electron chi connectivity index (χ2n) is 10.4. The van der Waals surface area contributed by atoms with Crippen LogP contribution in [0.5, 0.6) is 0 Å². The Bertz CT molecular complexity index is 398. The molecule has 36 heavy (non-hydrogen) atoms. The minimum absolute atomic E-state index is 0.0222. The van der Waals surface area contributed by atoms with Gasteiger partial charge in [0.15, 0.2) is 0 Å². The molecule has 0 unspecified atom stereocenters. The summed E-state index contributed by atoms with van der Waals surface area (Å²) in [6.07, 6.45) is 30.3. The molecule has 0 aliphatic carbocycles. The summed E-state index contributed by atoms with van der Waals surface area (Å²) in [5.41, 5.74) is 0. The van der Waals surface area contributed by atoms with Gasteiger partial charge in [0.2, 0.25) is 0 Å². The minimum Gasteiger partial charge on any atom is -0.466 e. The number of aliphatic hydroxyl groups is 3. The third-order valence-corrected chi connectivity index (χ3v) is 6.67. The molecule has 0 aromatic rings. The molecule has 218 valence electrons. The van der Waals surface area contributed by atoms with E-state index in [-0.39, 0.29) is 19.2 Å². The second kappa shape index (κ2) is 34.4. The summed E-state index contributed by atoms with van der Waals surface area (Å²) in [7, 11) is 0. The van der Waals surface area contributed by atoms with E-state index in [1.165, 1.54) is 135 Å². The number of hydrogen-bond acceptors (Lipinski definition) is 5. The summed E-state index contributed by atoms with van der Waals surface area (Å²) in [5.74, 6) is 0.0222. The lowest BCUT2D eigenvalue weighted by Crippen LogP contribution is -2.15. The van der Waals surface area contributed by atoms with E-state index in [0.29, 0.717) is 13.0 Å². The molecule has 0 amide bonds. The summed E-state index contributed by atoms with van der Waals surface area (Å²) in [5, 5.41) is 24.0. The summed E-state index contributed by atoms with van der Waals surface area (Å²) in [6, 6.07) is 0. The maximum Gasteiger partial charge on any atom is 0.305 e. The molecule has 0 radical (unpaired) electrons. The topological polar surface area (TPSA) is 87.0 Å². The lowest BCUT2D eigenvalue weighted by Gasteiger charge is -2.06. The summed E-state index contributed by atoms with van der Waals surface area (Å²) >= 11 is 0. The Morgan fingerprint density at radius 2 is 0.833 bits per heavy atom. The molecule has 0 saturated carbocycles. The van der Waals surface area contributed by atoms with E-state index in [2.05, 4.69) is 13.8 Å². The molecule has 5 heteroatoms. The van der Waals surface area contributed by atoms with Gasteiger partial charge in [0.05, 0.1) is 19.8 Å². The molecule has 0 rings (SSSR count). The Balaban J connectivity index is 0. The van der Waals surface area contributed by atoms with E-state index >= 15 is 0 Å². The van der Waals surface area contributed by atoms with Crippen LogP contribution in [0.15, 0.2) is 0 Å². The van der Waals surface area contributed by atoms with Crippen LogP contribution >= 0.6 is 0 Å². The van der Waals surface area contributed by atoms with Crippen LogP contribution < -0.4 is 0 Å². The van der Waals surface area contributed by atoms with Gasteiger partial charge in [-0.15, -0.1) is 0 Å². The third kappa shape index (κ3) is 35.5. The predicted octanol–water partition coefficient (Wildman–Crippen LogP) is 8.26. The van der Waals surface area contributed by atoms with Crippen LogP contribution in [0.25, 0.3) is 0 Å². The van der Waals surface area contributed by atoms with Gasteiger partial charge in [-0.2, -0.15) is 0 Å². The standard InChI is InChI=1S/C28H56O2.C3H8O3/c1-3-5-7-9-11-13-15-17-19-21-23-25-27-30-28(29)26-24-22-20-18-16-14-12-10-8-6-4-2;4-1-3(6)2-5/h3-27H2,1-2H3;3-6H,1-2H2. The maximum atomic E-state index is 11.8. The van der Waals surface area contributed by atoms with Gasteiger partial charge < -0.3 is 20.1 Å². The zero-order chi connectivity index (χ0) is 27.0. The minimum atomic E-state index is -0.954. The van der Waals surface area contributed by atoms with Crippen LogP contribution in [0.4, 0.5) is 0 Å². The van der Waals surface area contributed by atoms with Crippen molar-refractivity contribution < 1.29 is 24.9 Å². The first kappa shape index (κ1) is 37.5. The van der Waals surface area contributed by atoms with E-state index in [1.807, 2.05) is 0 Å². The Labute approximate surface area is 224 Å². The zero-order valence-electron chi connectivity index (χ0n) is 24.3. The number of ether oxygens (including phenoxy) is 1. The predicted molar refractivity (Wildman–Crippen MR) is 153 cm³/mol. The fourth-order valence-electron chi connectivity index (χ4n) is 4.19. The van der Waals surface area contributed by atoms with E-state index in [9.17, 15) is 4.79 Å². The Morgan fingerprint density at radius 1 is 0.528 bits per heavy atom. The highest BCUT2D eigenvalue weighted by molar-refractivity contribution is 5.69. The van der Waals surface area contributed by atoms with Crippen LogP contribution in [0.1, 0.15) is 168 Å². The van der Waals surface area contributed by atoms with Gasteiger partial charge in [-0.1, -0.05) is 149 Å². The van der Waals surface area contributed by atoms with Crippen molar-refractivity contribution in [1.82, 2.24) is 0 Å². The van der Waals surface area contributed by atoms with E-state index in [1.54, 1.807) is 0 Å². The number of unbranched alkanes of at least 4 members (excludes halogenated alkanes) is 21. The molecule has 0 aromatic heterocycles. The van der Waals surface area contributed by atoms with E-state index in [4.69, 9.17) is 20.1 Å². The zero-order valence-corrected chi connectivity index (χ0v) is 24.3. The smallest absolute Gasteiger partial charge is 0.305 e. The van der Waals surface area contributed by atoms with Crippen molar-refractivity contribution in [3.05, 3.63) is 0 Å². The summed E-state index contributed by atoms with van der Waals surface area (Å²) in [4.78, 5) is 11.8. The third-order valence-electron chi connectivity index (χ3n) is 6.67. The maximum absolute atomic E-state index is 11.8. The normalized spacial score (nSPS) is 10.9. The van der Waals surface area contributed by atoms with Crippen molar-refractivity contribution in [1.29, 1.82) is 0 Å². The van der Waals surface area contributed by atoms with Crippen molar-refractivity contribution in [2.75, 3.05) is 19.8 Å². The largest absolute Gasteiger partial charge is 0.466 e. The number of aliphatic hydroxyl groups excluding tert-OH is 3. The fourth-order valence-corrected chi connectivity index (χ4v) is 4.19. The molecule has 0 spiro atoms. The molecule has 0 aliphatic rings. The SMILES string of the molecule is CCCCCCCCCCCCCCOC(=O)CCCCCCCCCCCCC.OCC(O)CO. The van der Waals surface area contributed by atoms with Gasteiger partial charge in [-0.25, -0.2) is 0 Å². The Hall–Kier alpha value is -0.650. The highest BCUT2D eigenvalue weighted by Crippen LogP contribution is 2.13. The van der Waals surface area contributed by atoms with Crippen molar-refractivity contribution in [2.24, 2.45) is 0 Å². The number of hydrogen-bond donors (Lipinski definition) is 3. The number of esters is 1. The summed E-state index contributed by atoms with van der Waals surface area (Å²) in [6.45, 7) is 4.46. The number of carbonyl (C=O) groups excluding carboxylic acids is 1. The van der Waals surface area contributed by atoms with Gasteiger partial charge >= 0.3 is 5.97 Å². The van der Waals surface area contributed by atoms with Gasteiger partial charge in [0.25, 0.3) is 0 Å². The second-order valence-corrected chi connectivity index (χ2v) is 10.4. The van der Waals surface area contributed by atoms with Gasteiger partial charge in [0.1, 0.15) is 6.10 Å². The first-order valence-electron chi connectivity index (χ1n) is 15.7. The van der Waals surface area contributed by atoms with Crippen LogP contribution in [0.3, 0.4) is 0 Å². The van der Waals surface area contributed by atoms with Crippen LogP contribution in [0, 0.1) is 0 Å². The quantitative estimate of drug-likeness (QED) is 0.0755. The van der Waals surface area contributed by atoms with Gasteiger partial charge in [-0.3, -0.25) is 4.79 Å². The van der Waals surface area contributed by atoms with Crippen molar-refractivity contribution in [3.63, 3.8) is 0 Å².